The van der Waals surface area contributed by atoms with Crippen LogP contribution in [0.25, 0.3) is 0 Å². The fourth-order valence-corrected chi connectivity index (χ4v) is 9.50. The molecule has 0 aromatic carbocycles. The van der Waals surface area contributed by atoms with Crippen molar-refractivity contribution in [3.63, 3.8) is 0 Å². The summed E-state index contributed by atoms with van der Waals surface area (Å²) >= 11 is 0. The minimum absolute atomic E-state index is 0.372. The predicted molar refractivity (Wildman–Crippen MR) is 288 cm³/mol. The third-order valence-electron chi connectivity index (χ3n) is 14.2. The molecule has 4 unspecified atom stereocenters. The average molecular weight is 933 g/mol. The van der Waals surface area contributed by atoms with Crippen LogP contribution in [0, 0.1) is 0 Å². The number of amides is 1. The van der Waals surface area contributed by atoms with Crippen LogP contribution in [-0.4, -0.2) is 57.3 Å². The molecule has 0 radical (unpaired) electrons. The van der Waals surface area contributed by atoms with Crippen molar-refractivity contribution in [2.45, 2.75) is 346 Å². The number of unbranched alkanes of at least 4 members (excludes halogenated alkanes) is 42. The second kappa shape index (κ2) is 54.7. The van der Waals surface area contributed by atoms with E-state index in [1.165, 1.54) is 250 Å². The van der Waals surface area contributed by atoms with Crippen LogP contribution < -0.4 is 5.32 Å². The molecule has 0 bridgehead atoms. The van der Waals surface area contributed by atoms with Crippen molar-refractivity contribution in [2.24, 2.45) is 0 Å². The predicted octanol–water partition coefficient (Wildman–Crippen LogP) is 17.4. The lowest BCUT2D eigenvalue weighted by Crippen LogP contribution is -2.53. The summed E-state index contributed by atoms with van der Waals surface area (Å²) in [5.41, 5.74) is 0. The van der Waals surface area contributed by atoms with E-state index >= 15 is 0 Å². The highest BCUT2D eigenvalue weighted by Gasteiger charge is 2.28. The van der Waals surface area contributed by atoms with Gasteiger partial charge in [-0.1, -0.05) is 301 Å². The third-order valence-corrected chi connectivity index (χ3v) is 14.2. The van der Waals surface area contributed by atoms with E-state index < -0.39 is 36.9 Å². The molecule has 4 atom stereocenters. The molecule has 66 heavy (non-hydrogen) atoms. The third kappa shape index (κ3) is 47.8. The Hall–Kier alpha value is -1.21. The Morgan fingerprint density at radius 3 is 0.955 bits per heavy atom. The van der Waals surface area contributed by atoms with E-state index in [0.717, 1.165) is 44.9 Å². The first kappa shape index (κ1) is 64.8. The molecule has 0 aliphatic heterocycles. The maximum Gasteiger partial charge on any atom is 0.249 e. The summed E-state index contributed by atoms with van der Waals surface area (Å²) in [6.45, 7) is 4.08. The van der Waals surface area contributed by atoms with Gasteiger partial charge in [0.15, 0.2) is 0 Å². The second-order valence-electron chi connectivity index (χ2n) is 20.7. The van der Waals surface area contributed by atoms with Gasteiger partial charge in [0.05, 0.1) is 18.8 Å². The molecular weight excluding hydrogens is 815 g/mol. The molecule has 392 valence electrons. The lowest BCUT2D eigenvalue weighted by atomic mass is 9.99. The Balaban J connectivity index is 3.53. The summed E-state index contributed by atoms with van der Waals surface area (Å²) in [7, 11) is 0. The summed E-state index contributed by atoms with van der Waals surface area (Å²) in [5, 5.41) is 43.9. The van der Waals surface area contributed by atoms with Gasteiger partial charge in [0.1, 0.15) is 12.2 Å². The molecule has 5 N–H and O–H groups in total. The van der Waals surface area contributed by atoms with E-state index in [9.17, 15) is 25.2 Å². The molecule has 0 saturated heterocycles. The van der Waals surface area contributed by atoms with Crippen molar-refractivity contribution in [3.8, 4) is 0 Å². The van der Waals surface area contributed by atoms with Gasteiger partial charge in [-0.2, -0.15) is 0 Å². The van der Waals surface area contributed by atoms with Crippen LogP contribution in [0.5, 0.6) is 0 Å². The smallest absolute Gasteiger partial charge is 0.249 e. The molecule has 0 aromatic rings. The van der Waals surface area contributed by atoms with Crippen LogP contribution in [0.15, 0.2) is 24.3 Å². The standard InChI is InChI=1S/C60H117NO5/c1-3-5-7-9-11-13-15-17-19-20-21-22-23-24-25-26-27-28-29-30-31-32-33-34-35-36-37-38-39-40-42-44-46-48-50-52-54-58(64)60(66)61-56(55-62)59(65)57(63)53-51-49-47-45-43-41-18-16-14-12-10-8-6-4-2/h25-26,28-29,56-59,62-65H,3-24,27,30-55H2,1-2H3,(H,61,66)/b26-25-,29-28-. The Morgan fingerprint density at radius 2 is 0.652 bits per heavy atom. The van der Waals surface area contributed by atoms with Gasteiger partial charge in [0.25, 0.3) is 0 Å². The summed E-state index contributed by atoms with van der Waals surface area (Å²) < 4.78 is 0. The Bertz CT molecular complexity index is 1000. The lowest BCUT2D eigenvalue weighted by molar-refractivity contribution is -0.132. The van der Waals surface area contributed by atoms with Gasteiger partial charge in [0.2, 0.25) is 5.91 Å². The van der Waals surface area contributed by atoms with Crippen LogP contribution in [0.4, 0.5) is 0 Å². The largest absolute Gasteiger partial charge is 0.394 e. The van der Waals surface area contributed by atoms with Gasteiger partial charge < -0.3 is 25.7 Å². The van der Waals surface area contributed by atoms with E-state index in [1.54, 1.807) is 0 Å². The molecule has 6 nitrogen and oxygen atoms in total. The number of carbonyl (C=O) groups is 1. The van der Waals surface area contributed by atoms with Crippen LogP contribution >= 0.6 is 0 Å². The van der Waals surface area contributed by atoms with E-state index in [1.807, 2.05) is 0 Å². The normalized spacial score (nSPS) is 13.8. The number of aliphatic hydroxyl groups is 4. The Morgan fingerprint density at radius 1 is 0.379 bits per heavy atom. The summed E-state index contributed by atoms with van der Waals surface area (Å²) in [5.74, 6) is -0.580. The lowest BCUT2D eigenvalue weighted by Gasteiger charge is -2.27. The summed E-state index contributed by atoms with van der Waals surface area (Å²) in [6.07, 6.45) is 67.0. The highest BCUT2D eigenvalue weighted by Crippen LogP contribution is 2.18. The summed E-state index contributed by atoms with van der Waals surface area (Å²) in [4.78, 5) is 12.6. The zero-order chi connectivity index (χ0) is 48.1. The molecular formula is C60H117NO5. The maximum absolute atomic E-state index is 12.6. The number of nitrogens with one attached hydrogen (secondary N) is 1. The van der Waals surface area contributed by atoms with Crippen LogP contribution in [0.3, 0.4) is 0 Å². The first-order valence-corrected chi connectivity index (χ1v) is 29.7. The average Bonchev–Trinajstić information content (AvgIpc) is 3.32. The van der Waals surface area contributed by atoms with Gasteiger partial charge in [0, 0.05) is 0 Å². The van der Waals surface area contributed by atoms with Crippen molar-refractivity contribution in [1.82, 2.24) is 5.32 Å². The second-order valence-corrected chi connectivity index (χ2v) is 20.7. The first-order chi connectivity index (χ1) is 32.5. The van der Waals surface area contributed by atoms with Gasteiger partial charge in [-0.05, 0) is 44.9 Å². The highest BCUT2D eigenvalue weighted by atomic mass is 16.3. The molecule has 1 amide bonds. The number of carbonyl (C=O) groups excluding carboxylic acids is 1. The minimum Gasteiger partial charge on any atom is -0.394 e. The van der Waals surface area contributed by atoms with Crippen molar-refractivity contribution >= 4 is 5.91 Å². The zero-order valence-corrected chi connectivity index (χ0v) is 44.5. The Kier molecular flexibility index (Phi) is 53.7. The Labute approximate surface area is 412 Å². The van der Waals surface area contributed by atoms with Crippen LogP contribution in [0.1, 0.15) is 322 Å². The van der Waals surface area contributed by atoms with Gasteiger partial charge >= 0.3 is 0 Å². The zero-order valence-electron chi connectivity index (χ0n) is 44.5. The highest BCUT2D eigenvalue weighted by molar-refractivity contribution is 5.80. The number of hydrogen-bond donors (Lipinski definition) is 5. The van der Waals surface area contributed by atoms with Crippen molar-refractivity contribution in [2.75, 3.05) is 6.61 Å². The van der Waals surface area contributed by atoms with E-state index in [-0.39, 0.29) is 0 Å². The number of hydrogen-bond acceptors (Lipinski definition) is 5. The number of aliphatic hydroxyl groups excluding tert-OH is 4. The van der Waals surface area contributed by atoms with Gasteiger partial charge in [-0.3, -0.25) is 4.79 Å². The van der Waals surface area contributed by atoms with Crippen LogP contribution in [0.2, 0.25) is 0 Å². The fourth-order valence-electron chi connectivity index (χ4n) is 9.50. The monoisotopic (exact) mass is 932 g/mol. The van der Waals surface area contributed by atoms with E-state index in [2.05, 4.69) is 43.5 Å². The SMILES string of the molecule is CCCCCCCCCCCCCCC/C=C\C/C=C\CCCCCCCCCCCCCCCCCCC(O)C(=O)NC(CO)C(O)C(O)CCCCCCCCCCCCCCCC. The van der Waals surface area contributed by atoms with E-state index in [0.29, 0.717) is 12.8 Å². The van der Waals surface area contributed by atoms with Gasteiger partial charge in [-0.15, -0.1) is 0 Å². The molecule has 0 heterocycles. The van der Waals surface area contributed by atoms with Gasteiger partial charge in [-0.25, -0.2) is 0 Å². The maximum atomic E-state index is 12.6. The first-order valence-electron chi connectivity index (χ1n) is 29.7. The molecule has 0 rings (SSSR count). The van der Waals surface area contributed by atoms with Crippen LogP contribution in [-0.2, 0) is 4.79 Å². The number of rotatable bonds is 55. The molecule has 0 aromatic heterocycles. The van der Waals surface area contributed by atoms with Crippen molar-refractivity contribution in [3.05, 3.63) is 24.3 Å². The topological polar surface area (TPSA) is 110 Å². The molecule has 0 fully saturated rings. The summed E-state index contributed by atoms with van der Waals surface area (Å²) in [6, 6.07) is -0.983. The molecule has 0 aliphatic carbocycles. The minimum atomic E-state index is -1.26. The molecule has 6 heteroatoms. The van der Waals surface area contributed by atoms with Crippen molar-refractivity contribution < 1.29 is 25.2 Å². The van der Waals surface area contributed by atoms with E-state index in [4.69, 9.17) is 0 Å². The molecule has 0 spiro atoms. The fraction of sp³-hybridized carbons (Fsp3) is 0.917. The number of allylic oxidation sites excluding steroid dienone is 4. The quantitative estimate of drug-likeness (QED) is 0.0308. The molecule has 0 aliphatic rings. The molecule has 0 saturated carbocycles. The van der Waals surface area contributed by atoms with Crippen molar-refractivity contribution in [1.29, 1.82) is 0 Å².